The first-order valence-corrected chi connectivity index (χ1v) is 10.6. The standard InChI is InChI=1S/C21H34N4O3.HI/c1-5-28-16(13(2)3)8-9-23-21(22-4)24-10-11-25-19(26)17-14-6-7-15(12-14)18(17)20(25)27;/h6-7,13-18H,5,8-12H2,1-4H3,(H2,22,23,24);1H. The molecule has 1 aliphatic heterocycles. The Bertz CT molecular complexity index is 622. The van der Waals surface area contributed by atoms with Gasteiger partial charge in [-0.1, -0.05) is 26.0 Å². The van der Waals surface area contributed by atoms with E-state index in [1.165, 1.54) is 4.90 Å². The number of likely N-dealkylation sites (tertiary alicyclic amines) is 1. The number of allylic oxidation sites excluding steroid dienone is 2. The average molecular weight is 518 g/mol. The lowest BCUT2D eigenvalue weighted by Crippen LogP contribution is -2.44. The van der Waals surface area contributed by atoms with Crippen LogP contribution in [0.3, 0.4) is 0 Å². The normalized spacial score (nSPS) is 28.7. The Labute approximate surface area is 191 Å². The number of rotatable bonds is 9. The number of ether oxygens (including phenoxy) is 1. The predicted octanol–water partition coefficient (Wildman–Crippen LogP) is 2.03. The zero-order valence-electron chi connectivity index (χ0n) is 17.9. The van der Waals surface area contributed by atoms with Crippen molar-refractivity contribution in [2.24, 2.45) is 34.6 Å². The molecule has 1 saturated carbocycles. The molecule has 7 nitrogen and oxygen atoms in total. The van der Waals surface area contributed by atoms with Crippen molar-refractivity contribution >= 4 is 41.8 Å². The molecular weight excluding hydrogens is 483 g/mol. The minimum absolute atomic E-state index is 0. The third-order valence-corrected chi connectivity index (χ3v) is 6.26. The highest BCUT2D eigenvalue weighted by molar-refractivity contribution is 14.0. The largest absolute Gasteiger partial charge is 0.378 e. The molecule has 0 aromatic carbocycles. The number of fused-ring (bicyclic) bond motifs is 5. The van der Waals surface area contributed by atoms with Crippen LogP contribution in [0.15, 0.2) is 17.1 Å². The van der Waals surface area contributed by atoms with E-state index >= 15 is 0 Å². The maximum Gasteiger partial charge on any atom is 0.233 e. The van der Waals surface area contributed by atoms with Crippen molar-refractivity contribution in [2.45, 2.75) is 39.7 Å². The van der Waals surface area contributed by atoms with Crippen LogP contribution in [-0.4, -0.2) is 62.1 Å². The van der Waals surface area contributed by atoms with E-state index < -0.39 is 0 Å². The summed E-state index contributed by atoms with van der Waals surface area (Å²) in [7, 11) is 1.72. The fraction of sp³-hybridized carbons (Fsp3) is 0.762. The van der Waals surface area contributed by atoms with Gasteiger partial charge in [0.2, 0.25) is 11.8 Å². The molecule has 1 saturated heterocycles. The number of amides is 2. The van der Waals surface area contributed by atoms with Gasteiger partial charge in [0.15, 0.2) is 5.96 Å². The van der Waals surface area contributed by atoms with Gasteiger partial charge in [0, 0.05) is 33.3 Å². The Hall–Kier alpha value is -1.16. The minimum atomic E-state index is -0.119. The van der Waals surface area contributed by atoms with Gasteiger partial charge in [0.1, 0.15) is 0 Å². The summed E-state index contributed by atoms with van der Waals surface area (Å²) in [5, 5.41) is 6.50. The number of hydrogen-bond acceptors (Lipinski definition) is 4. The Morgan fingerprint density at radius 3 is 2.28 bits per heavy atom. The molecule has 2 bridgehead atoms. The molecule has 0 aromatic rings. The molecule has 3 aliphatic rings. The van der Waals surface area contributed by atoms with Gasteiger partial charge in [0.25, 0.3) is 0 Å². The van der Waals surface area contributed by atoms with Gasteiger partial charge in [-0.15, -0.1) is 24.0 Å². The van der Waals surface area contributed by atoms with Crippen LogP contribution < -0.4 is 10.6 Å². The van der Waals surface area contributed by atoms with Crippen LogP contribution in [0.2, 0.25) is 0 Å². The van der Waals surface area contributed by atoms with Crippen LogP contribution in [0.1, 0.15) is 33.6 Å². The quantitative estimate of drug-likeness (QED) is 0.161. The number of aliphatic imine (C=N–C) groups is 1. The summed E-state index contributed by atoms with van der Waals surface area (Å²) in [5.74, 6) is 1.45. The molecular formula is C21H35IN4O3. The zero-order chi connectivity index (χ0) is 20.3. The van der Waals surface area contributed by atoms with E-state index in [0.717, 1.165) is 19.4 Å². The third-order valence-electron chi connectivity index (χ3n) is 6.26. The van der Waals surface area contributed by atoms with Crippen LogP contribution in [0.25, 0.3) is 0 Å². The number of nitrogens with one attached hydrogen (secondary N) is 2. The Balaban J connectivity index is 0.00000300. The van der Waals surface area contributed by atoms with Gasteiger partial charge in [-0.2, -0.15) is 0 Å². The van der Waals surface area contributed by atoms with Crippen molar-refractivity contribution in [1.29, 1.82) is 0 Å². The van der Waals surface area contributed by atoms with Gasteiger partial charge >= 0.3 is 0 Å². The van der Waals surface area contributed by atoms with Crippen molar-refractivity contribution < 1.29 is 14.3 Å². The van der Waals surface area contributed by atoms with Crippen LogP contribution in [-0.2, 0) is 14.3 Å². The molecule has 0 spiro atoms. The molecule has 2 fully saturated rings. The van der Waals surface area contributed by atoms with E-state index in [4.69, 9.17) is 4.74 Å². The lowest BCUT2D eigenvalue weighted by Gasteiger charge is -2.22. The van der Waals surface area contributed by atoms with Crippen molar-refractivity contribution in [3.63, 3.8) is 0 Å². The SMILES string of the molecule is CCOC(CCNC(=NC)NCCN1C(=O)C2C3C=CC(C3)C2C1=O)C(C)C.I. The first kappa shape index (κ1) is 24.1. The summed E-state index contributed by atoms with van der Waals surface area (Å²) >= 11 is 0. The lowest BCUT2D eigenvalue weighted by molar-refractivity contribution is -0.140. The number of guanidine groups is 1. The molecule has 3 rings (SSSR count). The van der Waals surface area contributed by atoms with Crippen LogP contribution >= 0.6 is 24.0 Å². The first-order chi connectivity index (χ1) is 13.5. The van der Waals surface area contributed by atoms with Gasteiger partial charge in [-0.05, 0) is 37.5 Å². The lowest BCUT2D eigenvalue weighted by atomic mass is 9.85. The second-order valence-electron chi connectivity index (χ2n) is 8.28. The first-order valence-electron chi connectivity index (χ1n) is 10.6. The van der Waals surface area contributed by atoms with Crippen LogP contribution in [0.5, 0.6) is 0 Å². The van der Waals surface area contributed by atoms with Gasteiger partial charge in [0.05, 0.1) is 17.9 Å². The Morgan fingerprint density at radius 2 is 1.76 bits per heavy atom. The maximum absolute atomic E-state index is 12.7. The smallest absolute Gasteiger partial charge is 0.233 e. The fourth-order valence-electron chi connectivity index (χ4n) is 4.85. The van der Waals surface area contributed by atoms with E-state index in [1.807, 2.05) is 6.92 Å². The third kappa shape index (κ3) is 5.13. The summed E-state index contributed by atoms with van der Waals surface area (Å²) in [6, 6.07) is 0. The van der Waals surface area contributed by atoms with Gasteiger partial charge in [-0.3, -0.25) is 19.5 Å². The minimum Gasteiger partial charge on any atom is -0.378 e. The Kier molecular flexibility index (Phi) is 8.93. The second-order valence-corrected chi connectivity index (χ2v) is 8.28. The molecule has 29 heavy (non-hydrogen) atoms. The highest BCUT2D eigenvalue weighted by Crippen LogP contribution is 2.52. The second kappa shape index (κ2) is 10.7. The number of imide groups is 1. The average Bonchev–Trinajstić information content (AvgIpc) is 3.35. The van der Waals surface area contributed by atoms with E-state index in [0.29, 0.717) is 31.6 Å². The molecule has 5 atom stereocenters. The monoisotopic (exact) mass is 518 g/mol. The molecule has 164 valence electrons. The number of hydrogen-bond donors (Lipinski definition) is 2. The number of carbonyl (C=O) groups is 2. The molecule has 2 N–H and O–H groups in total. The molecule has 2 amide bonds. The van der Waals surface area contributed by atoms with E-state index in [1.54, 1.807) is 7.05 Å². The maximum atomic E-state index is 12.7. The van der Waals surface area contributed by atoms with Crippen molar-refractivity contribution in [3.05, 3.63) is 12.2 Å². The van der Waals surface area contributed by atoms with Gasteiger partial charge < -0.3 is 15.4 Å². The summed E-state index contributed by atoms with van der Waals surface area (Å²) in [4.78, 5) is 31.1. The van der Waals surface area contributed by atoms with Crippen LogP contribution in [0.4, 0.5) is 0 Å². The number of halogens is 1. The summed E-state index contributed by atoms with van der Waals surface area (Å²) in [6.07, 6.45) is 6.33. The van der Waals surface area contributed by atoms with Crippen molar-refractivity contribution in [3.8, 4) is 0 Å². The summed E-state index contributed by atoms with van der Waals surface area (Å²) in [5.41, 5.74) is 0. The number of carbonyl (C=O) groups excluding carboxylic acids is 2. The highest BCUT2D eigenvalue weighted by Gasteiger charge is 2.58. The summed E-state index contributed by atoms with van der Waals surface area (Å²) in [6.45, 7) is 8.69. The molecule has 0 radical (unpaired) electrons. The number of nitrogens with zero attached hydrogens (tertiary/aromatic N) is 2. The van der Waals surface area contributed by atoms with E-state index in [-0.39, 0.29) is 65.6 Å². The van der Waals surface area contributed by atoms with Crippen molar-refractivity contribution in [1.82, 2.24) is 15.5 Å². The van der Waals surface area contributed by atoms with Gasteiger partial charge in [-0.25, -0.2) is 0 Å². The molecule has 5 unspecified atom stereocenters. The summed E-state index contributed by atoms with van der Waals surface area (Å²) < 4.78 is 5.76. The molecule has 8 heteroatoms. The van der Waals surface area contributed by atoms with Crippen LogP contribution in [0, 0.1) is 29.6 Å². The van der Waals surface area contributed by atoms with Crippen molar-refractivity contribution in [2.75, 3.05) is 33.3 Å². The molecule has 1 heterocycles. The highest BCUT2D eigenvalue weighted by atomic mass is 127. The van der Waals surface area contributed by atoms with E-state index in [9.17, 15) is 9.59 Å². The predicted molar refractivity (Wildman–Crippen MR) is 124 cm³/mol. The van der Waals surface area contributed by atoms with E-state index in [2.05, 4.69) is 41.6 Å². The topological polar surface area (TPSA) is 83.0 Å². The molecule has 0 aromatic heterocycles. The fourth-order valence-corrected chi connectivity index (χ4v) is 4.85. The molecule has 2 aliphatic carbocycles. The Morgan fingerprint density at radius 1 is 1.17 bits per heavy atom. The zero-order valence-corrected chi connectivity index (χ0v) is 20.2.